The molecule has 0 aliphatic heterocycles. The summed E-state index contributed by atoms with van der Waals surface area (Å²) in [6, 6.07) is 0. The highest BCUT2D eigenvalue weighted by Gasteiger charge is 2.78. The van der Waals surface area contributed by atoms with Crippen LogP contribution in [0.3, 0.4) is 0 Å². The zero-order valence-electron chi connectivity index (χ0n) is 23.0. The van der Waals surface area contributed by atoms with E-state index in [1.807, 2.05) is 0 Å². The van der Waals surface area contributed by atoms with E-state index in [0.29, 0.717) is 6.08 Å². The van der Waals surface area contributed by atoms with Gasteiger partial charge in [0.2, 0.25) is 0 Å². The molecule has 19 heteroatoms. The Balaban J connectivity index is 4.02. The standard InChI is InChI=1S/C24H29F15O4/c1-6-16(4,5)17(10-11(2)3,20(25,26)27)15(40)43-14-8-12(18(41,21(28,29)30)22(31,32)33)7-13(9-14)19(42,23(34,35)36)24(37,38)39/h10,12-14,41-42H,6-9H2,1-5H3. The van der Waals surface area contributed by atoms with Gasteiger partial charge in [0.15, 0.2) is 5.41 Å². The van der Waals surface area contributed by atoms with Crippen molar-refractivity contribution in [3.63, 3.8) is 0 Å². The fraction of sp³-hybridized carbons (Fsp3) is 0.875. The SMILES string of the molecule is CCC(C)(C)C(C=C(C)C)(C(=O)OC1CC(C(O)(C(F)(F)F)C(F)(F)F)CC(C(O)(C(F)(F)F)C(F)(F)F)C1)C(F)(F)F. The van der Waals surface area contributed by atoms with Crippen LogP contribution in [0.1, 0.15) is 60.3 Å². The van der Waals surface area contributed by atoms with Crippen molar-refractivity contribution in [3.8, 4) is 0 Å². The first kappa shape index (κ1) is 39.1. The third-order valence-electron chi connectivity index (χ3n) is 8.07. The fourth-order valence-corrected chi connectivity index (χ4v) is 5.36. The van der Waals surface area contributed by atoms with Crippen molar-refractivity contribution in [1.29, 1.82) is 0 Å². The van der Waals surface area contributed by atoms with Crippen LogP contribution in [0.25, 0.3) is 0 Å². The number of alkyl halides is 15. The normalized spacial score (nSPS) is 23.4. The van der Waals surface area contributed by atoms with Gasteiger partial charge in [-0.05, 0) is 44.9 Å². The molecule has 43 heavy (non-hydrogen) atoms. The minimum atomic E-state index is -6.80. The van der Waals surface area contributed by atoms with Gasteiger partial charge in [0.05, 0.1) is 0 Å². The molecule has 4 nitrogen and oxygen atoms in total. The lowest BCUT2D eigenvalue weighted by atomic mass is 9.62. The molecular weight excluding hydrogens is 637 g/mol. The number of allylic oxidation sites excluding steroid dienone is 1. The molecule has 0 amide bonds. The minimum Gasteiger partial charge on any atom is -0.461 e. The van der Waals surface area contributed by atoms with Crippen molar-refractivity contribution in [2.24, 2.45) is 22.7 Å². The Bertz CT molecular complexity index is 956. The van der Waals surface area contributed by atoms with E-state index in [-0.39, 0.29) is 5.57 Å². The highest BCUT2D eigenvalue weighted by molar-refractivity contribution is 5.82. The molecule has 1 aliphatic rings. The molecule has 0 heterocycles. The summed E-state index contributed by atoms with van der Waals surface area (Å²) in [5.41, 5.74) is -18.2. The average molecular weight is 666 g/mol. The maximum absolute atomic E-state index is 14.6. The molecule has 1 rings (SSSR count). The first-order valence-corrected chi connectivity index (χ1v) is 12.3. The van der Waals surface area contributed by atoms with Crippen molar-refractivity contribution in [2.75, 3.05) is 0 Å². The van der Waals surface area contributed by atoms with Gasteiger partial charge in [-0.25, -0.2) is 0 Å². The smallest absolute Gasteiger partial charge is 0.426 e. The Labute approximate surface area is 235 Å². The van der Waals surface area contributed by atoms with Crippen LogP contribution in [0.15, 0.2) is 11.6 Å². The van der Waals surface area contributed by atoms with Crippen LogP contribution in [0.2, 0.25) is 0 Å². The van der Waals surface area contributed by atoms with Crippen molar-refractivity contribution in [1.82, 2.24) is 0 Å². The van der Waals surface area contributed by atoms with Crippen LogP contribution in [-0.4, -0.2) is 64.4 Å². The van der Waals surface area contributed by atoms with Crippen LogP contribution in [0, 0.1) is 22.7 Å². The van der Waals surface area contributed by atoms with Gasteiger partial charge < -0.3 is 14.9 Å². The number of carbonyl (C=O) groups is 1. The zero-order valence-corrected chi connectivity index (χ0v) is 23.0. The highest BCUT2D eigenvalue weighted by atomic mass is 19.4. The molecule has 0 saturated heterocycles. The van der Waals surface area contributed by atoms with E-state index >= 15 is 0 Å². The van der Waals surface area contributed by atoms with E-state index < -0.39 is 103 Å². The Morgan fingerprint density at radius 2 is 1.00 bits per heavy atom. The first-order valence-electron chi connectivity index (χ1n) is 12.3. The Kier molecular flexibility index (Phi) is 10.4. The van der Waals surface area contributed by atoms with E-state index in [2.05, 4.69) is 4.74 Å². The lowest BCUT2D eigenvalue weighted by Crippen LogP contribution is -2.67. The van der Waals surface area contributed by atoms with Gasteiger partial charge in [0.25, 0.3) is 11.2 Å². The molecule has 1 aliphatic carbocycles. The predicted molar refractivity (Wildman–Crippen MR) is 117 cm³/mol. The first-order chi connectivity index (χ1) is 18.7. The number of aliphatic hydroxyl groups is 2. The van der Waals surface area contributed by atoms with E-state index in [1.54, 1.807) is 0 Å². The summed E-state index contributed by atoms with van der Waals surface area (Å²) in [4.78, 5) is 13.2. The Morgan fingerprint density at radius 1 is 0.674 bits per heavy atom. The monoisotopic (exact) mass is 666 g/mol. The van der Waals surface area contributed by atoms with Crippen LogP contribution in [0.4, 0.5) is 65.9 Å². The lowest BCUT2D eigenvalue weighted by molar-refractivity contribution is -0.405. The summed E-state index contributed by atoms with van der Waals surface area (Å²) in [5, 5.41) is 19.6. The number of hydrogen-bond acceptors (Lipinski definition) is 4. The molecular formula is C24H29F15O4. The largest absolute Gasteiger partial charge is 0.461 e. The number of hydrogen-bond donors (Lipinski definition) is 2. The minimum absolute atomic E-state index is 0.220. The summed E-state index contributed by atoms with van der Waals surface area (Å²) < 4.78 is 212. The van der Waals surface area contributed by atoms with E-state index in [0.717, 1.165) is 34.6 Å². The molecule has 0 aromatic carbocycles. The molecule has 3 atom stereocenters. The second-order valence-corrected chi connectivity index (χ2v) is 11.4. The third-order valence-corrected chi connectivity index (χ3v) is 8.07. The average Bonchev–Trinajstić information content (AvgIpc) is 2.76. The quantitative estimate of drug-likeness (QED) is 0.164. The number of halogens is 15. The Hall–Kier alpha value is -1.92. The van der Waals surface area contributed by atoms with Crippen LogP contribution in [-0.2, 0) is 9.53 Å². The fourth-order valence-electron chi connectivity index (χ4n) is 5.36. The number of carbonyl (C=O) groups excluding carboxylic acids is 1. The van der Waals surface area contributed by atoms with Gasteiger partial charge in [-0.2, -0.15) is 65.9 Å². The number of rotatable bonds is 7. The van der Waals surface area contributed by atoms with Gasteiger partial charge in [0, 0.05) is 11.8 Å². The molecule has 0 bridgehead atoms. The molecule has 0 aromatic heterocycles. The maximum atomic E-state index is 14.6. The second-order valence-electron chi connectivity index (χ2n) is 11.4. The highest BCUT2D eigenvalue weighted by Crippen LogP contribution is 2.59. The van der Waals surface area contributed by atoms with Crippen molar-refractivity contribution < 1.29 is 85.6 Å². The van der Waals surface area contributed by atoms with E-state index in [1.165, 1.54) is 0 Å². The number of esters is 1. The summed E-state index contributed by atoms with van der Waals surface area (Å²) in [6.45, 7) is 5.01. The molecule has 1 saturated carbocycles. The topological polar surface area (TPSA) is 66.8 Å². The molecule has 0 radical (unpaired) electrons. The van der Waals surface area contributed by atoms with Crippen LogP contribution >= 0.6 is 0 Å². The van der Waals surface area contributed by atoms with Crippen molar-refractivity contribution in [3.05, 3.63) is 11.6 Å². The summed E-state index contributed by atoms with van der Waals surface area (Å²) >= 11 is 0. The molecule has 1 fully saturated rings. The molecule has 2 N–H and O–H groups in total. The van der Waals surface area contributed by atoms with E-state index in [4.69, 9.17) is 0 Å². The van der Waals surface area contributed by atoms with Crippen LogP contribution < -0.4 is 0 Å². The zero-order chi connectivity index (χ0) is 34.6. The molecule has 3 unspecified atom stereocenters. The van der Waals surface area contributed by atoms with Gasteiger partial charge in [-0.3, -0.25) is 4.79 Å². The molecule has 0 aromatic rings. The summed E-state index contributed by atoms with van der Waals surface area (Å²) in [7, 11) is 0. The van der Waals surface area contributed by atoms with Gasteiger partial charge in [-0.1, -0.05) is 32.4 Å². The van der Waals surface area contributed by atoms with Crippen molar-refractivity contribution in [2.45, 2.75) is 108 Å². The summed E-state index contributed by atoms with van der Waals surface area (Å²) in [5.74, 6) is -9.85. The van der Waals surface area contributed by atoms with Crippen LogP contribution in [0.5, 0.6) is 0 Å². The van der Waals surface area contributed by atoms with Gasteiger partial charge >= 0.3 is 36.9 Å². The Morgan fingerprint density at radius 3 is 1.23 bits per heavy atom. The second kappa shape index (κ2) is 11.5. The van der Waals surface area contributed by atoms with Gasteiger partial charge in [-0.15, -0.1) is 0 Å². The molecule has 0 spiro atoms. The van der Waals surface area contributed by atoms with Gasteiger partial charge in [0.1, 0.15) is 6.10 Å². The van der Waals surface area contributed by atoms with E-state index in [9.17, 15) is 80.9 Å². The predicted octanol–water partition coefficient (Wildman–Crippen LogP) is 7.98. The number of ether oxygens (including phenoxy) is 1. The molecule has 254 valence electrons. The summed E-state index contributed by atoms with van der Waals surface area (Å²) in [6.07, 6.45) is -42.3. The van der Waals surface area contributed by atoms with Crippen molar-refractivity contribution >= 4 is 5.97 Å². The maximum Gasteiger partial charge on any atom is 0.426 e. The third kappa shape index (κ3) is 6.57. The lowest BCUT2D eigenvalue weighted by Gasteiger charge is -2.49.